The Bertz CT molecular complexity index is 495. The number of rotatable bonds is 2. The Labute approximate surface area is 92.1 Å². The van der Waals surface area contributed by atoms with E-state index in [0.29, 0.717) is 0 Å². The molecular weight excluding hydrogens is 266 g/mol. The van der Waals surface area contributed by atoms with Crippen LogP contribution in [0.15, 0.2) is 34.9 Å². The van der Waals surface area contributed by atoms with E-state index in [2.05, 4.69) is 15.9 Å². The molecule has 0 bridgehead atoms. The van der Waals surface area contributed by atoms with Crippen molar-refractivity contribution in [3.05, 3.63) is 34.9 Å². The molecule has 0 saturated carbocycles. The topological polar surface area (TPSA) is 42.2 Å². The molecular formula is C9H8BrNO2S. The second-order valence-electron chi connectivity index (χ2n) is 2.91. The Morgan fingerprint density at radius 1 is 1.43 bits per heavy atom. The van der Waals surface area contributed by atoms with Crippen molar-refractivity contribution in [2.24, 2.45) is 0 Å². The first-order valence-electron chi connectivity index (χ1n) is 3.99. The summed E-state index contributed by atoms with van der Waals surface area (Å²) >= 11 is 1.61. The van der Waals surface area contributed by atoms with E-state index in [4.69, 9.17) is 4.55 Å². The molecule has 1 aromatic heterocycles. The van der Waals surface area contributed by atoms with Crippen LogP contribution in [0.1, 0.15) is 0 Å². The third-order valence-electron chi connectivity index (χ3n) is 2.01. The predicted molar refractivity (Wildman–Crippen MR) is 60.4 cm³/mol. The van der Waals surface area contributed by atoms with Crippen molar-refractivity contribution < 1.29 is 8.76 Å². The Morgan fingerprint density at radius 2 is 2.21 bits per heavy atom. The number of aromatic nitrogens is 1. The standard InChI is InChI=1S/C9H8BrNO2S/c10-8-2-1-3-9-7(8)4-5-11(9)6-14(12)13/h1-5H,6H2,(H,12,13). The lowest BCUT2D eigenvalue weighted by atomic mass is 10.2. The van der Waals surface area contributed by atoms with E-state index < -0.39 is 11.1 Å². The highest BCUT2D eigenvalue weighted by atomic mass is 79.9. The second-order valence-corrected chi connectivity index (χ2v) is 4.66. The molecule has 74 valence electrons. The molecule has 0 aliphatic rings. The molecule has 2 rings (SSSR count). The summed E-state index contributed by atoms with van der Waals surface area (Å²) in [5, 5.41) is 1.05. The van der Waals surface area contributed by atoms with Gasteiger partial charge in [0.2, 0.25) is 0 Å². The fourth-order valence-electron chi connectivity index (χ4n) is 1.42. The number of hydrogen-bond donors (Lipinski definition) is 1. The number of halogens is 1. The summed E-state index contributed by atoms with van der Waals surface area (Å²) in [7, 11) is 0. The number of fused-ring (bicyclic) bond motifs is 1. The van der Waals surface area contributed by atoms with Gasteiger partial charge in [-0.15, -0.1) is 0 Å². The van der Waals surface area contributed by atoms with Gasteiger partial charge >= 0.3 is 0 Å². The van der Waals surface area contributed by atoms with Crippen LogP contribution in [0.25, 0.3) is 10.9 Å². The Balaban J connectivity index is 2.58. The molecule has 14 heavy (non-hydrogen) atoms. The molecule has 0 saturated heterocycles. The summed E-state index contributed by atoms with van der Waals surface area (Å²) < 4.78 is 22.2. The van der Waals surface area contributed by atoms with Gasteiger partial charge in [0.05, 0.1) is 5.52 Å². The van der Waals surface area contributed by atoms with Crippen molar-refractivity contribution in [1.29, 1.82) is 0 Å². The van der Waals surface area contributed by atoms with Crippen molar-refractivity contribution in [2.45, 2.75) is 5.88 Å². The van der Waals surface area contributed by atoms with Crippen LogP contribution < -0.4 is 0 Å². The molecule has 1 atom stereocenters. The summed E-state index contributed by atoms with van der Waals surface area (Å²) in [5.74, 6) is 0.111. The molecule has 0 aliphatic carbocycles. The van der Waals surface area contributed by atoms with E-state index in [1.54, 1.807) is 4.57 Å². The summed E-state index contributed by atoms with van der Waals surface area (Å²) in [4.78, 5) is 0. The highest BCUT2D eigenvalue weighted by Crippen LogP contribution is 2.24. The normalized spacial score (nSPS) is 13.3. The molecule has 0 radical (unpaired) electrons. The summed E-state index contributed by atoms with van der Waals surface area (Å²) in [5.41, 5.74) is 0.960. The first-order chi connectivity index (χ1) is 6.68. The van der Waals surface area contributed by atoms with Crippen LogP contribution in [0.3, 0.4) is 0 Å². The van der Waals surface area contributed by atoms with Crippen LogP contribution in [0, 0.1) is 0 Å². The minimum absolute atomic E-state index is 0.111. The number of hydrogen-bond acceptors (Lipinski definition) is 1. The predicted octanol–water partition coefficient (Wildman–Crippen LogP) is 2.58. The van der Waals surface area contributed by atoms with Crippen LogP contribution >= 0.6 is 15.9 Å². The molecule has 1 aromatic carbocycles. The van der Waals surface area contributed by atoms with Gasteiger partial charge < -0.3 is 9.12 Å². The van der Waals surface area contributed by atoms with Gasteiger partial charge in [-0.1, -0.05) is 22.0 Å². The van der Waals surface area contributed by atoms with E-state index in [-0.39, 0.29) is 5.88 Å². The van der Waals surface area contributed by atoms with Crippen LogP contribution in [0.4, 0.5) is 0 Å². The van der Waals surface area contributed by atoms with Gasteiger partial charge in [0.25, 0.3) is 0 Å². The summed E-state index contributed by atoms with van der Waals surface area (Å²) in [6.45, 7) is 0. The third-order valence-corrected chi connectivity index (χ3v) is 3.20. The average Bonchev–Trinajstić information content (AvgIpc) is 2.49. The van der Waals surface area contributed by atoms with Gasteiger partial charge in [0.15, 0.2) is 11.1 Å². The summed E-state index contributed by atoms with van der Waals surface area (Å²) in [6, 6.07) is 7.70. The Kier molecular flexibility index (Phi) is 2.71. The fraction of sp³-hybridized carbons (Fsp3) is 0.111. The molecule has 0 amide bonds. The molecule has 1 N–H and O–H groups in total. The Hall–Kier alpha value is -0.650. The van der Waals surface area contributed by atoms with Crippen LogP contribution in [0.5, 0.6) is 0 Å². The maximum atomic E-state index is 10.7. The highest BCUT2D eigenvalue weighted by molar-refractivity contribution is 9.10. The fourth-order valence-corrected chi connectivity index (χ4v) is 2.37. The van der Waals surface area contributed by atoms with Crippen LogP contribution in [-0.2, 0) is 17.0 Å². The lowest BCUT2D eigenvalue weighted by molar-refractivity contribution is 0.553. The zero-order valence-electron chi connectivity index (χ0n) is 7.18. The molecule has 0 fully saturated rings. The first-order valence-corrected chi connectivity index (χ1v) is 6.06. The lowest BCUT2D eigenvalue weighted by Gasteiger charge is -2.01. The molecule has 1 heterocycles. The third kappa shape index (κ3) is 1.75. The van der Waals surface area contributed by atoms with Crippen LogP contribution in [0.2, 0.25) is 0 Å². The van der Waals surface area contributed by atoms with Gasteiger partial charge in [0, 0.05) is 16.1 Å². The van der Waals surface area contributed by atoms with E-state index in [9.17, 15) is 4.21 Å². The molecule has 2 aromatic rings. The second kappa shape index (κ2) is 3.84. The Morgan fingerprint density at radius 3 is 2.93 bits per heavy atom. The monoisotopic (exact) mass is 273 g/mol. The highest BCUT2D eigenvalue weighted by Gasteiger charge is 2.04. The quantitative estimate of drug-likeness (QED) is 0.855. The van der Waals surface area contributed by atoms with Gasteiger partial charge in [-0.2, -0.15) is 0 Å². The molecule has 0 spiro atoms. The molecule has 0 aliphatic heterocycles. The van der Waals surface area contributed by atoms with E-state index in [1.165, 1.54) is 0 Å². The maximum Gasteiger partial charge on any atom is 0.173 e. The van der Waals surface area contributed by atoms with Crippen molar-refractivity contribution in [3.63, 3.8) is 0 Å². The van der Waals surface area contributed by atoms with Gasteiger partial charge in [-0.3, -0.25) is 0 Å². The van der Waals surface area contributed by atoms with E-state index in [1.807, 2.05) is 30.5 Å². The number of benzene rings is 1. The summed E-state index contributed by atoms with van der Waals surface area (Å²) in [6.07, 6.45) is 1.81. The van der Waals surface area contributed by atoms with Gasteiger partial charge in [0.1, 0.15) is 5.88 Å². The van der Waals surface area contributed by atoms with E-state index in [0.717, 1.165) is 15.4 Å². The molecule has 5 heteroatoms. The lowest BCUT2D eigenvalue weighted by Crippen LogP contribution is -2.01. The number of nitrogens with zero attached hydrogens (tertiary/aromatic N) is 1. The minimum Gasteiger partial charge on any atom is -0.333 e. The average molecular weight is 274 g/mol. The zero-order valence-corrected chi connectivity index (χ0v) is 9.59. The SMILES string of the molecule is O=S(O)Cn1ccc2c(Br)cccc21. The van der Waals surface area contributed by atoms with E-state index >= 15 is 0 Å². The first kappa shape index (κ1) is 9.89. The van der Waals surface area contributed by atoms with Gasteiger partial charge in [-0.05, 0) is 18.2 Å². The van der Waals surface area contributed by atoms with Gasteiger partial charge in [-0.25, -0.2) is 4.21 Å². The largest absolute Gasteiger partial charge is 0.333 e. The molecule has 1 unspecified atom stereocenters. The molecule has 3 nitrogen and oxygen atoms in total. The van der Waals surface area contributed by atoms with Crippen molar-refractivity contribution >= 4 is 37.9 Å². The van der Waals surface area contributed by atoms with Crippen LogP contribution in [-0.4, -0.2) is 13.3 Å². The smallest absolute Gasteiger partial charge is 0.173 e. The zero-order chi connectivity index (χ0) is 10.1. The van der Waals surface area contributed by atoms with Crippen molar-refractivity contribution in [2.75, 3.05) is 0 Å². The minimum atomic E-state index is -1.81. The maximum absolute atomic E-state index is 10.7. The van der Waals surface area contributed by atoms with Crippen molar-refractivity contribution in [3.8, 4) is 0 Å². The van der Waals surface area contributed by atoms with Crippen molar-refractivity contribution in [1.82, 2.24) is 4.57 Å².